The molecule has 0 heterocycles. The summed E-state index contributed by atoms with van der Waals surface area (Å²) in [5, 5.41) is 0. The Morgan fingerprint density at radius 3 is 2.05 bits per heavy atom. The van der Waals surface area contributed by atoms with Crippen molar-refractivity contribution in [1.82, 2.24) is 0 Å². The van der Waals surface area contributed by atoms with Gasteiger partial charge in [0.25, 0.3) is 0 Å². The summed E-state index contributed by atoms with van der Waals surface area (Å²) in [7, 11) is -3.06. The van der Waals surface area contributed by atoms with Gasteiger partial charge in [-0.25, -0.2) is 0 Å². The molecule has 0 amide bonds. The van der Waals surface area contributed by atoms with Crippen LogP contribution in [0.5, 0.6) is 0 Å². The normalized spacial score (nSPS) is 15.1. The Morgan fingerprint density at radius 1 is 1.11 bits per heavy atom. The third-order valence-corrected chi connectivity index (χ3v) is 4.37. The van der Waals surface area contributed by atoms with Gasteiger partial charge in [-0.15, -0.1) is 17.9 Å². The molecule has 0 rings (SSSR count). The van der Waals surface area contributed by atoms with E-state index < -0.39 is 22.0 Å². The maximum Gasteiger partial charge on any atom is 0.185 e. The highest BCUT2D eigenvalue weighted by molar-refractivity contribution is 6.83. The predicted octanol–water partition coefficient (Wildman–Crippen LogP) is 4.67. The lowest BCUT2D eigenvalue weighted by Crippen LogP contribution is -2.42. The van der Waals surface area contributed by atoms with Crippen LogP contribution in [-0.2, 0) is 4.43 Å². The topological polar surface area (TPSA) is 9.23 Å². The summed E-state index contributed by atoms with van der Waals surface area (Å²) in [5.41, 5.74) is 3.06. The number of terminal acetylenes is 1. The van der Waals surface area contributed by atoms with Gasteiger partial charge in [0.05, 0.1) is 0 Å². The Hall–Kier alpha value is -0.486. The Labute approximate surface area is 122 Å². The zero-order valence-electron chi connectivity index (χ0n) is 13.8. The van der Waals surface area contributed by atoms with E-state index in [0.717, 1.165) is 19.3 Å². The van der Waals surface area contributed by atoms with Crippen LogP contribution in [0, 0.1) is 23.8 Å². The van der Waals surface area contributed by atoms with E-state index in [-0.39, 0.29) is 0 Å². The van der Waals surface area contributed by atoms with Crippen molar-refractivity contribution in [2.45, 2.75) is 77.5 Å². The second-order valence-corrected chi connectivity index (χ2v) is 16.4. The maximum absolute atomic E-state index is 6.41. The van der Waals surface area contributed by atoms with Crippen LogP contribution in [0.3, 0.4) is 0 Å². The van der Waals surface area contributed by atoms with E-state index in [2.05, 4.69) is 63.6 Å². The van der Waals surface area contributed by atoms with Crippen LogP contribution in [0.2, 0.25) is 39.3 Å². The molecule has 0 aromatic carbocycles. The first-order chi connectivity index (χ1) is 8.54. The average molecular weight is 295 g/mol. The van der Waals surface area contributed by atoms with Crippen molar-refractivity contribution in [3.8, 4) is 23.8 Å². The van der Waals surface area contributed by atoms with Gasteiger partial charge >= 0.3 is 0 Å². The van der Waals surface area contributed by atoms with Gasteiger partial charge in [-0.3, -0.25) is 0 Å². The molecule has 0 aliphatic heterocycles. The number of rotatable bonds is 6. The van der Waals surface area contributed by atoms with Gasteiger partial charge in [-0.2, -0.15) is 0 Å². The molecule has 0 aliphatic rings. The fourth-order valence-corrected chi connectivity index (χ4v) is 3.82. The number of unbranched alkanes of at least 4 members (excludes halogenated alkanes) is 1. The van der Waals surface area contributed by atoms with Crippen LogP contribution in [0.4, 0.5) is 0 Å². The summed E-state index contributed by atoms with van der Waals surface area (Å²) in [6, 6.07) is 0. The molecule has 1 unspecified atom stereocenters. The van der Waals surface area contributed by atoms with Gasteiger partial charge in [0.1, 0.15) is 13.7 Å². The Balaban J connectivity index is 5.36. The first-order valence-electron chi connectivity index (χ1n) is 7.21. The summed E-state index contributed by atoms with van der Waals surface area (Å²) in [6.45, 7) is 15.6. The standard InChI is InChI=1S/C16H30OSi2/c1-9-11-13-16(12-10-2,17-19(6,7)8)14-15-18(3,4)5/h2H,9,11-13H2,1,3-8H3. The van der Waals surface area contributed by atoms with Crippen molar-refractivity contribution < 1.29 is 4.43 Å². The molecule has 19 heavy (non-hydrogen) atoms. The van der Waals surface area contributed by atoms with E-state index in [4.69, 9.17) is 10.8 Å². The molecule has 0 N–H and O–H groups in total. The van der Waals surface area contributed by atoms with Gasteiger partial charge in [0.2, 0.25) is 0 Å². The van der Waals surface area contributed by atoms with Gasteiger partial charge < -0.3 is 4.43 Å². The highest BCUT2D eigenvalue weighted by Gasteiger charge is 2.33. The zero-order chi connectivity index (χ0) is 15.2. The molecule has 0 saturated carbocycles. The molecule has 0 aromatic rings. The Morgan fingerprint density at radius 2 is 1.68 bits per heavy atom. The SMILES string of the molecule is C#CCC(C#C[Si](C)(C)C)(CCCC)O[Si](C)(C)C. The quantitative estimate of drug-likeness (QED) is 0.511. The number of hydrogen-bond acceptors (Lipinski definition) is 1. The van der Waals surface area contributed by atoms with Crippen molar-refractivity contribution >= 4 is 16.4 Å². The van der Waals surface area contributed by atoms with Gasteiger partial charge in [-0.1, -0.05) is 38.9 Å². The summed E-state index contributed by atoms with van der Waals surface area (Å²) in [6.07, 6.45) is 9.40. The Kier molecular flexibility index (Phi) is 7.15. The third kappa shape index (κ3) is 9.11. The summed E-state index contributed by atoms with van der Waals surface area (Å²) < 4.78 is 6.41. The molecule has 3 heteroatoms. The highest BCUT2D eigenvalue weighted by atomic mass is 28.4. The minimum absolute atomic E-state index is 0.407. The average Bonchev–Trinajstić information content (AvgIpc) is 2.21. The van der Waals surface area contributed by atoms with Gasteiger partial charge in [0.15, 0.2) is 8.32 Å². The molecular weight excluding hydrogens is 264 g/mol. The first kappa shape index (κ1) is 18.5. The second-order valence-electron chi connectivity index (χ2n) is 7.19. The second kappa shape index (κ2) is 7.34. The highest BCUT2D eigenvalue weighted by Crippen LogP contribution is 2.27. The van der Waals surface area contributed by atoms with E-state index in [1.54, 1.807) is 0 Å². The molecular formula is C16H30OSi2. The minimum Gasteiger partial charge on any atom is -0.401 e. The van der Waals surface area contributed by atoms with Crippen molar-refractivity contribution in [3.05, 3.63) is 0 Å². The van der Waals surface area contributed by atoms with Crippen LogP contribution in [0.15, 0.2) is 0 Å². The largest absolute Gasteiger partial charge is 0.401 e. The lowest BCUT2D eigenvalue weighted by Gasteiger charge is -2.34. The van der Waals surface area contributed by atoms with Crippen LogP contribution >= 0.6 is 0 Å². The monoisotopic (exact) mass is 294 g/mol. The zero-order valence-corrected chi connectivity index (χ0v) is 15.8. The lowest BCUT2D eigenvalue weighted by atomic mass is 9.94. The van der Waals surface area contributed by atoms with Crippen molar-refractivity contribution in [1.29, 1.82) is 0 Å². The summed E-state index contributed by atoms with van der Waals surface area (Å²) in [5.74, 6) is 6.23. The van der Waals surface area contributed by atoms with Crippen LogP contribution < -0.4 is 0 Å². The fourth-order valence-electron chi connectivity index (χ4n) is 1.82. The first-order valence-corrected chi connectivity index (χ1v) is 14.1. The molecule has 1 nitrogen and oxygen atoms in total. The molecule has 1 atom stereocenters. The van der Waals surface area contributed by atoms with Gasteiger partial charge in [-0.05, 0) is 32.5 Å². The molecule has 0 saturated heterocycles. The molecule has 0 fully saturated rings. The maximum atomic E-state index is 6.41. The van der Waals surface area contributed by atoms with Crippen LogP contribution in [0.25, 0.3) is 0 Å². The lowest BCUT2D eigenvalue weighted by molar-refractivity contribution is 0.115. The number of hydrogen-bond donors (Lipinski definition) is 0. The molecule has 0 spiro atoms. The van der Waals surface area contributed by atoms with E-state index >= 15 is 0 Å². The van der Waals surface area contributed by atoms with Gasteiger partial charge in [0, 0.05) is 6.42 Å². The van der Waals surface area contributed by atoms with Crippen molar-refractivity contribution in [2.24, 2.45) is 0 Å². The summed E-state index contributed by atoms with van der Waals surface area (Å²) in [4.78, 5) is 0. The van der Waals surface area contributed by atoms with Crippen molar-refractivity contribution in [2.75, 3.05) is 0 Å². The van der Waals surface area contributed by atoms with E-state index in [0.29, 0.717) is 6.42 Å². The van der Waals surface area contributed by atoms with Crippen molar-refractivity contribution in [3.63, 3.8) is 0 Å². The van der Waals surface area contributed by atoms with Crippen LogP contribution in [-0.4, -0.2) is 22.0 Å². The van der Waals surface area contributed by atoms with Crippen LogP contribution in [0.1, 0.15) is 32.6 Å². The Bertz CT molecular complexity index is 371. The third-order valence-electron chi connectivity index (χ3n) is 2.49. The molecule has 0 aromatic heterocycles. The minimum atomic E-state index is -1.66. The van der Waals surface area contributed by atoms with E-state index in [1.165, 1.54) is 0 Å². The molecule has 0 radical (unpaired) electrons. The van der Waals surface area contributed by atoms with E-state index in [1.807, 2.05) is 0 Å². The molecule has 0 bridgehead atoms. The predicted molar refractivity (Wildman–Crippen MR) is 91.3 cm³/mol. The smallest absolute Gasteiger partial charge is 0.185 e. The summed E-state index contributed by atoms with van der Waals surface area (Å²) >= 11 is 0. The molecule has 108 valence electrons. The molecule has 0 aliphatic carbocycles. The fraction of sp³-hybridized carbons (Fsp3) is 0.750. The van der Waals surface area contributed by atoms with E-state index in [9.17, 15) is 0 Å².